The highest BCUT2D eigenvalue weighted by Crippen LogP contribution is 2.42. The van der Waals surface area contributed by atoms with E-state index in [-0.39, 0.29) is 0 Å². The molecule has 0 saturated heterocycles. The fourth-order valence-electron chi connectivity index (χ4n) is 3.79. The topological polar surface area (TPSA) is 47.0 Å². The molecule has 4 nitrogen and oxygen atoms in total. The standard InChI is InChI=1S/C27H23N3OS/c1-17-13-14-20(15-18(17)2)24-19(3)32-27-25(24)26(28-16-29-27)30-22-11-7-8-12-23(22)31-21-9-5-4-6-10-21/h4-16H,1-3H3,(H,28,29,30). The molecule has 2 aromatic heterocycles. The highest BCUT2D eigenvalue weighted by molar-refractivity contribution is 7.19. The number of nitrogens with one attached hydrogen (secondary N) is 1. The molecule has 0 saturated carbocycles. The SMILES string of the molecule is Cc1ccc(-c2c(C)sc3ncnc(Nc4ccccc4Oc4ccccc4)c23)cc1C. The maximum absolute atomic E-state index is 6.14. The van der Waals surface area contributed by atoms with Crippen molar-refractivity contribution >= 4 is 33.1 Å². The maximum Gasteiger partial charge on any atom is 0.150 e. The summed E-state index contributed by atoms with van der Waals surface area (Å²) in [5, 5.41) is 4.55. The van der Waals surface area contributed by atoms with E-state index in [1.807, 2.05) is 54.6 Å². The van der Waals surface area contributed by atoms with Crippen LogP contribution in [0.5, 0.6) is 11.5 Å². The van der Waals surface area contributed by atoms with Crippen LogP contribution < -0.4 is 10.1 Å². The van der Waals surface area contributed by atoms with Crippen molar-refractivity contribution in [3.05, 3.63) is 95.1 Å². The normalized spacial score (nSPS) is 11.0. The molecule has 0 aliphatic carbocycles. The van der Waals surface area contributed by atoms with Gasteiger partial charge >= 0.3 is 0 Å². The lowest BCUT2D eigenvalue weighted by molar-refractivity contribution is 0.485. The van der Waals surface area contributed by atoms with Gasteiger partial charge in [0.25, 0.3) is 0 Å². The minimum absolute atomic E-state index is 0.741. The van der Waals surface area contributed by atoms with Gasteiger partial charge in [0, 0.05) is 10.4 Å². The van der Waals surface area contributed by atoms with Crippen molar-refractivity contribution in [1.82, 2.24) is 9.97 Å². The molecular weight excluding hydrogens is 414 g/mol. The number of thiophene rings is 1. The lowest BCUT2D eigenvalue weighted by Gasteiger charge is -2.14. The predicted molar refractivity (Wildman–Crippen MR) is 133 cm³/mol. The summed E-state index contributed by atoms with van der Waals surface area (Å²) in [5.74, 6) is 2.30. The van der Waals surface area contributed by atoms with Crippen LogP contribution in [0.4, 0.5) is 11.5 Å². The number of ether oxygens (including phenoxy) is 1. The van der Waals surface area contributed by atoms with Crippen LogP contribution in [0.2, 0.25) is 0 Å². The molecule has 1 N–H and O–H groups in total. The summed E-state index contributed by atoms with van der Waals surface area (Å²) in [4.78, 5) is 11.4. The lowest BCUT2D eigenvalue weighted by Crippen LogP contribution is -1.98. The molecule has 5 rings (SSSR count). The molecule has 0 atom stereocenters. The molecule has 0 aliphatic rings. The van der Waals surface area contributed by atoms with Gasteiger partial charge < -0.3 is 10.1 Å². The van der Waals surface area contributed by atoms with E-state index < -0.39 is 0 Å². The minimum Gasteiger partial charge on any atom is -0.455 e. The lowest BCUT2D eigenvalue weighted by atomic mass is 9.99. The molecule has 0 radical (unpaired) electrons. The van der Waals surface area contributed by atoms with Crippen molar-refractivity contribution in [3.8, 4) is 22.6 Å². The number of para-hydroxylation sites is 3. The summed E-state index contributed by atoms with van der Waals surface area (Å²) in [5.41, 5.74) is 5.77. The van der Waals surface area contributed by atoms with E-state index >= 15 is 0 Å². The third-order valence-electron chi connectivity index (χ3n) is 5.57. The first-order valence-electron chi connectivity index (χ1n) is 10.5. The van der Waals surface area contributed by atoms with Gasteiger partial charge in [0.2, 0.25) is 0 Å². The molecule has 5 heteroatoms. The summed E-state index contributed by atoms with van der Waals surface area (Å²) >= 11 is 1.69. The second kappa shape index (κ2) is 8.44. The van der Waals surface area contributed by atoms with Crippen LogP contribution in [-0.4, -0.2) is 9.97 Å². The molecular formula is C27H23N3OS. The summed E-state index contributed by atoms with van der Waals surface area (Å²) in [7, 11) is 0. The maximum atomic E-state index is 6.14. The summed E-state index contributed by atoms with van der Waals surface area (Å²) in [6.45, 7) is 6.43. The van der Waals surface area contributed by atoms with Crippen molar-refractivity contribution in [2.75, 3.05) is 5.32 Å². The summed E-state index contributed by atoms with van der Waals surface area (Å²) in [6, 6.07) is 24.3. The zero-order chi connectivity index (χ0) is 22.1. The van der Waals surface area contributed by atoms with Gasteiger partial charge in [-0.3, -0.25) is 0 Å². The van der Waals surface area contributed by atoms with Gasteiger partial charge in [-0.25, -0.2) is 9.97 Å². The Morgan fingerprint density at radius 1 is 0.812 bits per heavy atom. The largest absolute Gasteiger partial charge is 0.455 e. The molecule has 0 unspecified atom stereocenters. The zero-order valence-electron chi connectivity index (χ0n) is 18.2. The first-order chi connectivity index (χ1) is 15.6. The number of hydrogen-bond acceptors (Lipinski definition) is 5. The van der Waals surface area contributed by atoms with Crippen LogP contribution in [0, 0.1) is 20.8 Å². The highest BCUT2D eigenvalue weighted by Gasteiger charge is 2.18. The number of anilines is 2. The van der Waals surface area contributed by atoms with Crippen molar-refractivity contribution < 1.29 is 4.74 Å². The molecule has 158 valence electrons. The van der Waals surface area contributed by atoms with E-state index in [0.29, 0.717) is 0 Å². The van der Waals surface area contributed by atoms with Gasteiger partial charge in [-0.05, 0) is 61.7 Å². The van der Waals surface area contributed by atoms with Gasteiger partial charge in [0.05, 0.1) is 11.1 Å². The Bertz CT molecular complexity index is 1410. The monoisotopic (exact) mass is 437 g/mol. The van der Waals surface area contributed by atoms with Gasteiger partial charge in [0.1, 0.15) is 22.7 Å². The molecule has 0 amide bonds. The average Bonchev–Trinajstić information content (AvgIpc) is 3.14. The molecule has 0 fully saturated rings. The number of aryl methyl sites for hydroxylation is 3. The molecule has 32 heavy (non-hydrogen) atoms. The zero-order valence-corrected chi connectivity index (χ0v) is 19.0. The number of aromatic nitrogens is 2. The number of hydrogen-bond donors (Lipinski definition) is 1. The summed E-state index contributed by atoms with van der Waals surface area (Å²) < 4.78 is 6.14. The Labute approximate surface area is 191 Å². The van der Waals surface area contributed by atoms with Crippen molar-refractivity contribution in [1.29, 1.82) is 0 Å². The smallest absolute Gasteiger partial charge is 0.150 e. The van der Waals surface area contributed by atoms with E-state index in [4.69, 9.17) is 4.74 Å². The van der Waals surface area contributed by atoms with Crippen LogP contribution in [0.1, 0.15) is 16.0 Å². The fraction of sp³-hybridized carbons (Fsp3) is 0.111. The molecule has 0 spiro atoms. The molecule has 2 heterocycles. The number of benzene rings is 3. The molecule has 0 aliphatic heterocycles. The number of fused-ring (bicyclic) bond motifs is 1. The van der Waals surface area contributed by atoms with Crippen LogP contribution >= 0.6 is 11.3 Å². The van der Waals surface area contributed by atoms with Gasteiger partial charge in [-0.1, -0.05) is 48.5 Å². The van der Waals surface area contributed by atoms with Crippen molar-refractivity contribution in [3.63, 3.8) is 0 Å². The third-order valence-corrected chi connectivity index (χ3v) is 6.58. The van der Waals surface area contributed by atoms with Gasteiger partial charge in [-0.2, -0.15) is 0 Å². The van der Waals surface area contributed by atoms with E-state index in [9.17, 15) is 0 Å². The number of nitrogens with zero attached hydrogens (tertiary/aromatic N) is 2. The van der Waals surface area contributed by atoms with E-state index in [1.54, 1.807) is 17.7 Å². The van der Waals surface area contributed by atoms with Gasteiger partial charge in [0.15, 0.2) is 5.75 Å². The first-order valence-corrected chi connectivity index (χ1v) is 11.3. The Balaban J connectivity index is 1.60. The molecule has 3 aromatic carbocycles. The number of rotatable bonds is 5. The summed E-state index contributed by atoms with van der Waals surface area (Å²) in [6.07, 6.45) is 1.62. The Morgan fingerprint density at radius 3 is 2.41 bits per heavy atom. The quantitative estimate of drug-likeness (QED) is 0.304. The Kier molecular flexibility index (Phi) is 5.33. The van der Waals surface area contributed by atoms with Crippen LogP contribution in [0.3, 0.4) is 0 Å². The molecule has 0 bridgehead atoms. The van der Waals surface area contributed by atoms with Crippen LogP contribution in [0.25, 0.3) is 21.3 Å². The average molecular weight is 438 g/mol. The predicted octanol–water partition coefficient (Wildman–Crippen LogP) is 7.82. The fourth-order valence-corrected chi connectivity index (χ4v) is 4.80. The second-order valence-corrected chi connectivity index (χ2v) is 8.97. The van der Waals surface area contributed by atoms with Crippen molar-refractivity contribution in [2.45, 2.75) is 20.8 Å². The van der Waals surface area contributed by atoms with Crippen LogP contribution in [-0.2, 0) is 0 Å². The Morgan fingerprint density at radius 2 is 1.59 bits per heavy atom. The van der Waals surface area contributed by atoms with E-state index in [2.05, 4.69) is 54.3 Å². The van der Waals surface area contributed by atoms with Gasteiger partial charge in [-0.15, -0.1) is 11.3 Å². The highest BCUT2D eigenvalue weighted by atomic mass is 32.1. The van der Waals surface area contributed by atoms with E-state index in [0.717, 1.165) is 33.2 Å². The minimum atomic E-state index is 0.741. The Hall–Kier alpha value is -3.70. The first kappa shape index (κ1) is 20.2. The molecule has 5 aromatic rings. The van der Waals surface area contributed by atoms with Crippen molar-refractivity contribution in [2.24, 2.45) is 0 Å². The van der Waals surface area contributed by atoms with Crippen LogP contribution in [0.15, 0.2) is 79.1 Å². The second-order valence-electron chi connectivity index (χ2n) is 7.77. The van der Waals surface area contributed by atoms with E-state index in [1.165, 1.54) is 27.1 Å². The third kappa shape index (κ3) is 3.83.